The number of rotatable bonds is 9. The van der Waals surface area contributed by atoms with Gasteiger partial charge in [-0.1, -0.05) is 0 Å². The van der Waals surface area contributed by atoms with Crippen LogP contribution in [0.15, 0.2) is 0 Å². The number of hydrogen-bond donors (Lipinski definition) is 7. The zero-order valence-electron chi connectivity index (χ0n) is 13.0. The van der Waals surface area contributed by atoms with E-state index in [4.69, 9.17) is 4.55 Å². The average Bonchev–Trinajstić information content (AvgIpc) is 2.76. The molecule has 1 fully saturated rings. The van der Waals surface area contributed by atoms with E-state index in [1.165, 1.54) is 6.92 Å². The third kappa shape index (κ3) is 5.85. The molecule has 0 saturated carbocycles. The van der Waals surface area contributed by atoms with E-state index in [-0.39, 0.29) is 17.1 Å². The first-order chi connectivity index (χ1) is 11.0. The van der Waals surface area contributed by atoms with Crippen molar-refractivity contribution >= 4 is 24.3 Å². The summed E-state index contributed by atoms with van der Waals surface area (Å²) >= 11 is -1.97. The van der Waals surface area contributed by atoms with Crippen molar-refractivity contribution < 1.29 is 47.8 Å². The van der Waals surface area contributed by atoms with E-state index < -0.39 is 72.3 Å². The molecule has 0 aromatic carbocycles. The van der Waals surface area contributed by atoms with Crippen LogP contribution < -0.4 is 0 Å². The van der Waals surface area contributed by atoms with Gasteiger partial charge in [0.2, 0.25) is 0 Å². The maximum atomic E-state index is 10.9. The van der Waals surface area contributed by atoms with Gasteiger partial charge in [0.15, 0.2) is 0 Å². The van der Waals surface area contributed by atoms with Gasteiger partial charge in [-0.3, -0.25) is 0 Å². The predicted molar refractivity (Wildman–Crippen MR) is 83.0 cm³/mol. The van der Waals surface area contributed by atoms with Crippen LogP contribution in [0, 0.1) is 0 Å². The molecule has 8 atom stereocenters. The van der Waals surface area contributed by atoms with Gasteiger partial charge in [-0.2, -0.15) is 0 Å². The van der Waals surface area contributed by atoms with E-state index in [2.05, 4.69) is 4.18 Å². The molecule has 0 aromatic rings. The second-order valence-electron chi connectivity index (χ2n) is 5.67. The topological polar surface area (TPSA) is 185 Å². The van der Waals surface area contributed by atoms with E-state index in [0.29, 0.717) is 0 Å². The minimum atomic E-state index is -4.99. The molecule has 10 nitrogen and oxygen atoms in total. The molecule has 24 heavy (non-hydrogen) atoms. The van der Waals surface area contributed by atoms with Crippen LogP contribution in [0.2, 0.25) is 15.5 Å². The molecule has 0 radical (unpaired) electrons. The van der Waals surface area contributed by atoms with Gasteiger partial charge in [0.25, 0.3) is 0 Å². The van der Waals surface area contributed by atoms with Crippen LogP contribution in [0.1, 0.15) is 13.3 Å². The average molecular weight is 440 g/mol. The van der Waals surface area contributed by atoms with Gasteiger partial charge in [0.05, 0.1) is 0 Å². The molecule has 0 aliphatic carbocycles. The first kappa shape index (κ1) is 22.2. The van der Waals surface area contributed by atoms with Gasteiger partial charge >= 0.3 is 144 Å². The Morgan fingerprint density at radius 1 is 1.21 bits per heavy atom. The fourth-order valence-electron chi connectivity index (χ4n) is 2.56. The molecule has 1 unspecified atom stereocenters. The molecule has 1 aliphatic heterocycles. The van der Waals surface area contributed by atoms with Gasteiger partial charge in [-0.05, 0) is 0 Å². The van der Waals surface area contributed by atoms with Crippen molar-refractivity contribution in [2.75, 3.05) is 6.61 Å². The minimum absolute atomic E-state index is 0.0512. The van der Waals surface area contributed by atoms with Crippen molar-refractivity contribution in [3.05, 3.63) is 0 Å². The van der Waals surface area contributed by atoms with Crippen LogP contribution in [0.4, 0.5) is 0 Å². The van der Waals surface area contributed by atoms with Gasteiger partial charge in [-0.25, -0.2) is 0 Å². The Morgan fingerprint density at radius 3 is 2.25 bits per heavy atom. The number of aliphatic hydroxyl groups is 6. The first-order valence-electron chi connectivity index (χ1n) is 7.35. The summed E-state index contributed by atoms with van der Waals surface area (Å²) in [6.45, 7) is 1.11. The normalized spacial score (nSPS) is 33.2. The van der Waals surface area contributed by atoms with Crippen LogP contribution in [-0.2, 0) is 14.6 Å². The van der Waals surface area contributed by atoms with Crippen LogP contribution >= 0.6 is 0 Å². The second kappa shape index (κ2) is 9.19. The van der Waals surface area contributed by atoms with Crippen molar-refractivity contribution in [3.63, 3.8) is 0 Å². The molecule has 12 heteroatoms. The maximum absolute atomic E-state index is 10.9. The van der Waals surface area contributed by atoms with E-state index in [9.17, 15) is 39.1 Å². The monoisotopic (exact) mass is 441 g/mol. The van der Waals surface area contributed by atoms with Crippen LogP contribution in [-0.4, -0.2) is 101 Å². The van der Waals surface area contributed by atoms with Gasteiger partial charge in [0.1, 0.15) is 0 Å². The van der Waals surface area contributed by atoms with Crippen molar-refractivity contribution in [1.82, 2.24) is 0 Å². The SMILES string of the molecule is CC[C@@H](O)[C@@H](O)[C@H](OS(=O)(=O)O)[C@@H](O)C[Se+]1C[C@@H](O)[C@H](O)[C@H]1CO. The van der Waals surface area contributed by atoms with Crippen LogP contribution in [0.25, 0.3) is 0 Å². The fraction of sp³-hybridized carbons (Fsp3) is 1.00. The van der Waals surface area contributed by atoms with Gasteiger partial charge in [-0.15, -0.1) is 0 Å². The summed E-state index contributed by atoms with van der Waals surface area (Å²) in [4.78, 5) is -0.616. The van der Waals surface area contributed by atoms with Crippen LogP contribution in [0.5, 0.6) is 0 Å². The fourth-order valence-corrected chi connectivity index (χ4v) is 8.70. The molecule has 1 saturated heterocycles. The Hall–Kier alpha value is 0.149. The second-order valence-corrected chi connectivity index (χ2v) is 11.6. The summed E-state index contributed by atoms with van der Waals surface area (Å²) in [5.74, 6) is 0. The van der Waals surface area contributed by atoms with E-state index in [0.717, 1.165) is 0 Å². The Balaban J connectivity index is 2.89. The van der Waals surface area contributed by atoms with Gasteiger partial charge < -0.3 is 0 Å². The molecule has 1 rings (SSSR count). The molecule has 0 spiro atoms. The van der Waals surface area contributed by atoms with Gasteiger partial charge in [0, 0.05) is 0 Å². The Bertz CT molecular complexity index is 488. The molecule has 0 bridgehead atoms. The van der Waals surface area contributed by atoms with E-state index in [1.54, 1.807) is 0 Å². The Kier molecular flexibility index (Phi) is 8.50. The molecular formula is C12H25O10SSe+. The van der Waals surface area contributed by atoms with Crippen molar-refractivity contribution in [2.24, 2.45) is 0 Å². The Labute approximate surface area is 144 Å². The number of aliphatic hydroxyl groups excluding tert-OH is 6. The third-order valence-corrected chi connectivity index (χ3v) is 10.3. The third-order valence-electron chi connectivity index (χ3n) is 3.91. The van der Waals surface area contributed by atoms with Crippen LogP contribution in [0.3, 0.4) is 0 Å². The quantitative estimate of drug-likeness (QED) is 0.147. The molecule has 144 valence electrons. The summed E-state index contributed by atoms with van der Waals surface area (Å²) in [7, 11) is -4.99. The standard InChI is InChI=1S/C12H24O10SSe/c1-2-6(14)11(18)12(22-23(19,20)21)8(16)5-24-4-7(15)10(17)9(24)3-13/h6-18H,2-5H2,1H3/p+1/t6-,7-,8+,9-,10+,11-,12-,24?/m1/s1. The summed E-state index contributed by atoms with van der Waals surface area (Å²) < 4.78 is 35.0. The summed E-state index contributed by atoms with van der Waals surface area (Å²) in [5.41, 5.74) is 0. The van der Waals surface area contributed by atoms with E-state index >= 15 is 0 Å². The first-order valence-corrected chi connectivity index (χ1v) is 12.1. The molecule has 0 amide bonds. The van der Waals surface area contributed by atoms with Crippen molar-refractivity contribution in [1.29, 1.82) is 0 Å². The van der Waals surface area contributed by atoms with Crippen molar-refractivity contribution in [3.8, 4) is 0 Å². The van der Waals surface area contributed by atoms with E-state index in [1.807, 2.05) is 0 Å². The molecule has 0 aromatic heterocycles. The zero-order valence-corrected chi connectivity index (χ0v) is 15.6. The van der Waals surface area contributed by atoms with Crippen molar-refractivity contribution in [2.45, 2.75) is 65.4 Å². The molecule has 1 heterocycles. The molecule has 7 N–H and O–H groups in total. The summed E-state index contributed by atoms with van der Waals surface area (Å²) in [5, 5.41) is 58.7. The number of hydrogen-bond acceptors (Lipinski definition) is 9. The molecule has 1 aliphatic rings. The Morgan fingerprint density at radius 2 is 1.79 bits per heavy atom. The molecular weight excluding hydrogens is 415 g/mol. The summed E-state index contributed by atoms with van der Waals surface area (Å²) in [6.07, 6.45) is -8.70. The summed E-state index contributed by atoms with van der Waals surface area (Å²) in [6, 6.07) is 0. The predicted octanol–water partition coefficient (Wildman–Crippen LogP) is -2.74. The zero-order chi connectivity index (χ0) is 18.7.